The maximum atomic E-state index is 11.6. The van der Waals surface area contributed by atoms with Gasteiger partial charge >= 0.3 is 0 Å². The normalized spacial score (nSPS) is 26.4. The van der Waals surface area contributed by atoms with E-state index < -0.39 is 0 Å². The Morgan fingerprint density at radius 3 is 3.07 bits per heavy atom. The van der Waals surface area contributed by atoms with Gasteiger partial charge in [-0.2, -0.15) is 0 Å². The molecule has 5 nitrogen and oxygen atoms in total. The summed E-state index contributed by atoms with van der Waals surface area (Å²) in [4.78, 5) is 15.3. The van der Waals surface area contributed by atoms with Crippen molar-refractivity contribution in [1.29, 1.82) is 0 Å². The Morgan fingerprint density at radius 2 is 2.50 bits per heavy atom. The summed E-state index contributed by atoms with van der Waals surface area (Å²) in [6.45, 7) is 0. The fraction of sp³-hybridized carbons (Fsp3) is 0.556. The molecule has 1 heterocycles. The predicted octanol–water partition coefficient (Wildman–Crippen LogP) is 0.740. The van der Waals surface area contributed by atoms with E-state index in [4.69, 9.17) is 10.2 Å². The molecular formula is C9H13N3O2. The molecule has 1 aliphatic carbocycles. The Hall–Kier alpha value is -1.36. The smallest absolute Gasteiger partial charge is 0.229 e. The van der Waals surface area contributed by atoms with E-state index in [9.17, 15) is 4.79 Å². The number of hydrogen-bond donors (Lipinski definition) is 2. The summed E-state index contributed by atoms with van der Waals surface area (Å²) < 4.78 is 4.92. The summed E-state index contributed by atoms with van der Waals surface area (Å²) in [6, 6.07) is 0.167. The Morgan fingerprint density at radius 1 is 1.64 bits per heavy atom. The van der Waals surface area contributed by atoms with Gasteiger partial charge in [0.15, 0.2) is 6.39 Å². The molecule has 0 saturated heterocycles. The largest absolute Gasteiger partial charge is 0.428 e. The molecule has 0 bridgehead atoms. The lowest BCUT2D eigenvalue weighted by Gasteiger charge is -2.07. The van der Waals surface area contributed by atoms with Crippen molar-refractivity contribution >= 4 is 11.8 Å². The van der Waals surface area contributed by atoms with Crippen LogP contribution >= 0.6 is 0 Å². The van der Waals surface area contributed by atoms with Gasteiger partial charge in [-0.25, -0.2) is 4.98 Å². The van der Waals surface area contributed by atoms with Crippen molar-refractivity contribution in [2.45, 2.75) is 25.3 Å². The van der Waals surface area contributed by atoms with Gasteiger partial charge in [-0.05, 0) is 19.3 Å². The van der Waals surface area contributed by atoms with Gasteiger partial charge in [0.1, 0.15) is 0 Å². The first-order chi connectivity index (χ1) is 6.75. The van der Waals surface area contributed by atoms with Crippen LogP contribution in [0.5, 0.6) is 0 Å². The van der Waals surface area contributed by atoms with Crippen molar-refractivity contribution in [3.8, 4) is 0 Å². The number of amides is 1. The van der Waals surface area contributed by atoms with E-state index in [1.807, 2.05) is 0 Å². The molecule has 2 atom stereocenters. The van der Waals surface area contributed by atoms with E-state index in [0.29, 0.717) is 5.88 Å². The SMILES string of the molecule is NC1CCC(C(=O)Nc2cnco2)C1. The van der Waals surface area contributed by atoms with Gasteiger partial charge in [0.25, 0.3) is 0 Å². The number of aromatic nitrogens is 1. The van der Waals surface area contributed by atoms with E-state index in [1.165, 1.54) is 12.6 Å². The van der Waals surface area contributed by atoms with Crippen LogP contribution in [0.1, 0.15) is 19.3 Å². The van der Waals surface area contributed by atoms with Gasteiger partial charge in [-0.3, -0.25) is 10.1 Å². The Kier molecular flexibility index (Phi) is 2.49. The molecule has 0 aromatic carbocycles. The molecule has 0 radical (unpaired) electrons. The highest BCUT2D eigenvalue weighted by atomic mass is 16.4. The highest BCUT2D eigenvalue weighted by Crippen LogP contribution is 2.25. The van der Waals surface area contributed by atoms with Gasteiger partial charge in [-0.1, -0.05) is 0 Å². The van der Waals surface area contributed by atoms with Crippen molar-refractivity contribution < 1.29 is 9.21 Å². The van der Waals surface area contributed by atoms with E-state index >= 15 is 0 Å². The molecule has 2 unspecified atom stereocenters. The zero-order chi connectivity index (χ0) is 9.97. The van der Waals surface area contributed by atoms with Crippen molar-refractivity contribution in [3.05, 3.63) is 12.6 Å². The summed E-state index contributed by atoms with van der Waals surface area (Å²) in [5.74, 6) is 0.403. The molecule has 14 heavy (non-hydrogen) atoms. The Bertz CT molecular complexity index is 310. The van der Waals surface area contributed by atoms with Gasteiger partial charge in [-0.15, -0.1) is 0 Å². The second-order valence-corrected chi connectivity index (χ2v) is 3.62. The molecular weight excluding hydrogens is 182 g/mol. The molecule has 1 saturated carbocycles. The topological polar surface area (TPSA) is 81.2 Å². The van der Waals surface area contributed by atoms with Crippen LogP contribution in [0.2, 0.25) is 0 Å². The molecule has 0 aliphatic heterocycles. The third-order valence-electron chi connectivity index (χ3n) is 2.52. The minimum absolute atomic E-state index is 0.0188. The van der Waals surface area contributed by atoms with Crippen LogP contribution < -0.4 is 11.1 Å². The third kappa shape index (κ3) is 1.93. The van der Waals surface area contributed by atoms with Gasteiger partial charge in [0, 0.05) is 12.0 Å². The fourth-order valence-corrected chi connectivity index (χ4v) is 1.76. The zero-order valence-corrected chi connectivity index (χ0v) is 7.77. The first-order valence-corrected chi connectivity index (χ1v) is 4.70. The maximum Gasteiger partial charge on any atom is 0.229 e. The van der Waals surface area contributed by atoms with E-state index in [2.05, 4.69) is 10.3 Å². The number of carbonyl (C=O) groups is 1. The summed E-state index contributed by atoms with van der Waals surface area (Å²) in [5, 5.41) is 2.66. The van der Waals surface area contributed by atoms with Gasteiger partial charge in [0.2, 0.25) is 11.8 Å². The van der Waals surface area contributed by atoms with Crippen molar-refractivity contribution in [1.82, 2.24) is 4.98 Å². The average Bonchev–Trinajstić information content (AvgIpc) is 2.75. The minimum atomic E-state index is -0.0188. The predicted molar refractivity (Wildman–Crippen MR) is 50.4 cm³/mol. The molecule has 1 amide bonds. The van der Waals surface area contributed by atoms with Crippen LogP contribution in [0, 0.1) is 5.92 Å². The third-order valence-corrected chi connectivity index (χ3v) is 2.52. The standard InChI is InChI=1S/C9H13N3O2/c10-7-2-1-6(3-7)9(13)12-8-4-11-5-14-8/h4-7H,1-3,10H2,(H,12,13). The number of oxazole rings is 1. The van der Waals surface area contributed by atoms with E-state index in [0.717, 1.165) is 19.3 Å². The summed E-state index contributed by atoms with van der Waals surface area (Å²) in [5.41, 5.74) is 5.72. The number of anilines is 1. The zero-order valence-electron chi connectivity index (χ0n) is 7.77. The number of nitrogens with one attached hydrogen (secondary N) is 1. The number of nitrogens with two attached hydrogens (primary N) is 1. The van der Waals surface area contributed by atoms with Crippen LogP contribution in [0.15, 0.2) is 17.0 Å². The average molecular weight is 195 g/mol. The highest BCUT2D eigenvalue weighted by Gasteiger charge is 2.28. The number of carbonyl (C=O) groups excluding carboxylic acids is 1. The van der Waals surface area contributed by atoms with Crippen LogP contribution in [-0.2, 0) is 4.79 Å². The first kappa shape index (κ1) is 9.21. The van der Waals surface area contributed by atoms with Gasteiger partial charge in [0.05, 0.1) is 6.20 Å². The lowest BCUT2D eigenvalue weighted by atomic mass is 10.1. The van der Waals surface area contributed by atoms with Crippen LogP contribution in [-0.4, -0.2) is 16.9 Å². The second-order valence-electron chi connectivity index (χ2n) is 3.62. The number of hydrogen-bond acceptors (Lipinski definition) is 4. The maximum absolute atomic E-state index is 11.6. The monoisotopic (exact) mass is 195 g/mol. The molecule has 1 fully saturated rings. The molecule has 3 N–H and O–H groups in total. The Labute approximate surface area is 81.7 Å². The second kappa shape index (κ2) is 3.79. The summed E-state index contributed by atoms with van der Waals surface area (Å²) in [6.07, 6.45) is 5.32. The molecule has 5 heteroatoms. The molecule has 1 aromatic rings. The van der Waals surface area contributed by atoms with Crippen molar-refractivity contribution in [2.24, 2.45) is 11.7 Å². The molecule has 0 spiro atoms. The molecule has 1 aromatic heterocycles. The molecule has 1 aliphatic rings. The first-order valence-electron chi connectivity index (χ1n) is 4.70. The van der Waals surface area contributed by atoms with Crippen LogP contribution in [0.25, 0.3) is 0 Å². The number of nitrogens with zero attached hydrogens (tertiary/aromatic N) is 1. The summed E-state index contributed by atoms with van der Waals surface area (Å²) in [7, 11) is 0. The van der Waals surface area contributed by atoms with Crippen LogP contribution in [0.3, 0.4) is 0 Å². The Balaban J connectivity index is 1.90. The van der Waals surface area contributed by atoms with Crippen molar-refractivity contribution in [2.75, 3.05) is 5.32 Å². The highest BCUT2D eigenvalue weighted by molar-refractivity contribution is 5.91. The fourth-order valence-electron chi connectivity index (χ4n) is 1.76. The summed E-state index contributed by atoms with van der Waals surface area (Å²) >= 11 is 0. The van der Waals surface area contributed by atoms with E-state index in [1.54, 1.807) is 0 Å². The van der Waals surface area contributed by atoms with Crippen molar-refractivity contribution in [3.63, 3.8) is 0 Å². The lowest BCUT2D eigenvalue weighted by molar-refractivity contribution is -0.119. The van der Waals surface area contributed by atoms with E-state index in [-0.39, 0.29) is 17.9 Å². The molecule has 76 valence electrons. The quantitative estimate of drug-likeness (QED) is 0.729. The van der Waals surface area contributed by atoms with Crippen LogP contribution in [0.4, 0.5) is 5.88 Å². The van der Waals surface area contributed by atoms with Gasteiger partial charge < -0.3 is 10.2 Å². The molecule has 2 rings (SSSR count). The number of rotatable bonds is 2. The minimum Gasteiger partial charge on any atom is -0.428 e. The lowest BCUT2D eigenvalue weighted by Crippen LogP contribution is -2.22.